The minimum Gasteiger partial charge on any atom is -0.374 e. The molecule has 0 saturated carbocycles. The summed E-state index contributed by atoms with van der Waals surface area (Å²) >= 11 is 13.0. The summed E-state index contributed by atoms with van der Waals surface area (Å²) in [5.74, 6) is 0.976. The second-order valence-electron chi connectivity index (χ2n) is 4.01. The Bertz CT molecular complexity index is 545. The number of anilines is 1. The van der Waals surface area contributed by atoms with E-state index in [9.17, 15) is 0 Å². The Hall–Kier alpha value is -0.520. The predicted octanol–water partition coefficient (Wildman–Crippen LogP) is 4.77. The van der Waals surface area contributed by atoms with Gasteiger partial charge in [-0.25, -0.2) is 4.98 Å². The van der Waals surface area contributed by atoms with Crippen LogP contribution in [0.5, 0.6) is 0 Å². The van der Waals surface area contributed by atoms with Crippen LogP contribution in [0.15, 0.2) is 33.5 Å². The van der Waals surface area contributed by atoms with E-state index in [1.165, 1.54) is 0 Å². The minimum atomic E-state index is 0.0961. The highest BCUT2D eigenvalue weighted by Crippen LogP contribution is 2.36. The summed E-state index contributed by atoms with van der Waals surface area (Å²) in [4.78, 5) is 4.33. The van der Waals surface area contributed by atoms with Crippen LogP contribution < -0.4 is 5.32 Å². The maximum absolute atomic E-state index is 5.98. The van der Waals surface area contributed by atoms with Crippen molar-refractivity contribution in [2.75, 3.05) is 5.32 Å². The highest BCUT2D eigenvalue weighted by Gasteiger charge is 2.14. The number of halogens is 3. The summed E-state index contributed by atoms with van der Waals surface area (Å²) < 4.78 is 3.83. The number of rotatable bonds is 3. The number of hydrogen-bond donors (Lipinski definition) is 1. The molecule has 0 aliphatic rings. The Morgan fingerprint density at radius 1 is 1.33 bits per heavy atom. The monoisotopic (exact) mass is 391 g/mol. The highest BCUT2D eigenvalue weighted by molar-refractivity contribution is 9.11. The van der Waals surface area contributed by atoms with Crippen LogP contribution in [0.2, 0.25) is 5.02 Å². The fourth-order valence-corrected chi connectivity index (χ4v) is 3.65. The predicted molar refractivity (Wildman–Crippen MR) is 82.1 cm³/mol. The quantitative estimate of drug-likeness (QED) is 0.814. The number of nitrogens with one attached hydrogen (secondary N) is 1. The summed E-state index contributed by atoms with van der Waals surface area (Å²) in [7, 11) is 1.98. The van der Waals surface area contributed by atoms with Gasteiger partial charge in [0.1, 0.15) is 5.82 Å². The molecule has 0 radical (unpaired) electrons. The van der Waals surface area contributed by atoms with E-state index in [1.807, 2.05) is 29.9 Å². The van der Waals surface area contributed by atoms with Crippen LogP contribution in [-0.4, -0.2) is 9.55 Å². The number of aromatic nitrogens is 2. The molecule has 1 heterocycles. The SMILES string of the molecule is CC(Nc1c(Br)cc(Cl)cc1Br)c1nccn1C. The first-order chi connectivity index (χ1) is 8.49. The molecule has 0 fully saturated rings. The van der Waals surface area contributed by atoms with Crippen molar-refractivity contribution in [1.82, 2.24) is 9.55 Å². The Balaban J connectivity index is 2.27. The lowest BCUT2D eigenvalue weighted by molar-refractivity contribution is 0.721. The minimum absolute atomic E-state index is 0.0961. The van der Waals surface area contributed by atoms with Crippen LogP contribution >= 0.6 is 43.5 Å². The zero-order valence-corrected chi connectivity index (χ0v) is 13.8. The van der Waals surface area contributed by atoms with E-state index in [1.54, 1.807) is 6.20 Å². The average molecular weight is 394 g/mol. The molecule has 1 aromatic heterocycles. The Morgan fingerprint density at radius 2 is 1.94 bits per heavy atom. The molecule has 96 valence electrons. The number of nitrogens with zero attached hydrogens (tertiary/aromatic N) is 2. The van der Waals surface area contributed by atoms with Crippen LogP contribution in [0.25, 0.3) is 0 Å². The van der Waals surface area contributed by atoms with Gasteiger partial charge in [0, 0.05) is 33.4 Å². The summed E-state index contributed by atoms with van der Waals surface area (Å²) in [5.41, 5.74) is 0.968. The van der Waals surface area contributed by atoms with E-state index < -0.39 is 0 Å². The molecule has 0 spiro atoms. The molecular formula is C12H12Br2ClN3. The molecular weight excluding hydrogens is 381 g/mol. The maximum atomic E-state index is 5.98. The smallest absolute Gasteiger partial charge is 0.130 e. The molecule has 1 N–H and O–H groups in total. The fourth-order valence-electron chi connectivity index (χ4n) is 1.76. The fraction of sp³-hybridized carbons (Fsp3) is 0.250. The van der Waals surface area contributed by atoms with Gasteiger partial charge in [-0.2, -0.15) is 0 Å². The summed E-state index contributed by atoms with van der Waals surface area (Å²) in [6.45, 7) is 2.07. The third-order valence-electron chi connectivity index (χ3n) is 2.61. The van der Waals surface area contributed by atoms with Crippen molar-refractivity contribution in [3.63, 3.8) is 0 Å². The van der Waals surface area contributed by atoms with Crippen LogP contribution in [0, 0.1) is 0 Å². The van der Waals surface area contributed by atoms with Crippen molar-refractivity contribution in [2.24, 2.45) is 7.05 Å². The molecule has 2 aromatic rings. The summed E-state index contributed by atoms with van der Waals surface area (Å²) in [6.07, 6.45) is 3.72. The number of imidazole rings is 1. The molecule has 0 aliphatic heterocycles. The standard InChI is InChI=1S/C12H12Br2ClN3/c1-7(12-16-3-4-18(12)2)17-11-9(13)5-8(15)6-10(11)14/h3-7,17H,1-2H3. The topological polar surface area (TPSA) is 29.9 Å². The molecule has 0 amide bonds. The molecule has 0 saturated heterocycles. The zero-order valence-electron chi connectivity index (χ0n) is 9.92. The van der Waals surface area contributed by atoms with E-state index in [0.29, 0.717) is 5.02 Å². The second-order valence-corrected chi connectivity index (χ2v) is 6.15. The highest BCUT2D eigenvalue weighted by atomic mass is 79.9. The molecule has 18 heavy (non-hydrogen) atoms. The molecule has 1 atom stereocenters. The van der Waals surface area contributed by atoms with Crippen LogP contribution in [-0.2, 0) is 7.05 Å². The first kappa shape index (κ1) is 13.9. The van der Waals surface area contributed by atoms with E-state index >= 15 is 0 Å². The van der Waals surface area contributed by atoms with Gasteiger partial charge in [0.05, 0.1) is 11.7 Å². The van der Waals surface area contributed by atoms with Crippen molar-refractivity contribution in [3.05, 3.63) is 44.3 Å². The van der Waals surface area contributed by atoms with Crippen molar-refractivity contribution in [3.8, 4) is 0 Å². The van der Waals surface area contributed by atoms with Crippen molar-refractivity contribution in [1.29, 1.82) is 0 Å². The average Bonchev–Trinajstić information content (AvgIpc) is 2.69. The molecule has 0 bridgehead atoms. The Morgan fingerprint density at radius 3 is 2.44 bits per heavy atom. The van der Waals surface area contributed by atoms with E-state index in [-0.39, 0.29) is 6.04 Å². The summed E-state index contributed by atoms with van der Waals surface area (Å²) in [5, 5.41) is 4.10. The molecule has 2 rings (SSSR count). The number of hydrogen-bond acceptors (Lipinski definition) is 2. The van der Waals surface area contributed by atoms with Gasteiger partial charge >= 0.3 is 0 Å². The first-order valence-electron chi connectivity index (χ1n) is 5.37. The lowest BCUT2D eigenvalue weighted by Gasteiger charge is -2.17. The van der Waals surface area contributed by atoms with E-state index in [2.05, 4.69) is 49.1 Å². The van der Waals surface area contributed by atoms with Gasteiger partial charge in [-0.05, 0) is 50.9 Å². The van der Waals surface area contributed by atoms with Crippen LogP contribution in [0.3, 0.4) is 0 Å². The largest absolute Gasteiger partial charge is 0.374 e. The van der Waals surface area contributed by atoms with Gasteiger partial charge in [-0.3, -0.25) is 0 Å². The number of benzene rings is 1. The van der Waals surface area contributed by atoms with Crippen molar-refractivity contribution in [2.45, 2.75) is 13.0 Å². The lowest BCUT2D eigenvalue weighted by atomic mass is 10.2. The van der Waals surface area contributed by atoms with Crippen molar-refractivity contribution >= 4 is 49.1 Å². The Labute approximate surface area is 128 Å². The van der Waals surface area contributed by atoms with Gasteiger partial charge in [0.15, 0.2) is 0 Å². The third-order valence-corrected chi connectivity index (χ3v) is 4.08. The molecule has 1 unspecified atom stereocenters. The van der Waals surface area contributed by atoms with Gasteiger partial charge < -0.3 is 9.88 Å². The first-order valence-corrected chi connectivity index (χ1v) is 7.33. The maximum Gasteiger partial charge on any atom is 0.130 e. The Kier molecular flexibility index (Phi) is 4.35. The van der Waals surface area contributed by atoms with Gasteiger partial charge in [-0.1, -0.05) is 11.6 Å². The van der Waals surface area contributed by atoms with Gasteiger partial charge in [-0.15, -0.1) is 0 Å². The summed E-state index contributed by atoms with van der Waals surface area (Å²) in [6, 6.07) is 3.82. The number of aryl methyl sites for hydroxylation is 1. The van der Waals surface area contributed by atoms with Crippen molar-refractivity contribution < 1.29 is 0 Å². The van der Waals surface area contributed by atoms with Gasteiger partial charge in [0.2, 0.25) is 0 Å². The molecule has 3 nitrogen and oxygen atoms in total. The van der Waals surface area contributed by atoms with Gasteiger partial charge in [0.25, 0.3) is 0 Å². The van der Waals surface area contributed by atoms with Crippen LogP contribution in [0.1, 0.15) is 18.8 Å². The van der Waals surface area contributed by atoms with E-state index in [4.69, 9.17) is 11.6 Å². The van der Waals surface area contributed by atoms with Crippen LogP contribution in [0.4, 0.5) is 5.69 Å². The third kappa shape index (κ3) is 2.90. The normalized spacial score (nSPS) is 12.5. The second kappa shape index (κ2) is 5.63. The zero-order chi connectivity index (χ0) is 13.3. The molecule has 0 aliphatic carbocycles. The van der Waals surface area contributed by atoms with E-state index in [0.717, 1.165) is 20.5 Å². The molecule has 6 heteroatoms. The molecule has 1 aromatic carbocycles. The lowest BCUT2D eigenvalue weighted by Crippen LogP contribution is -2.12.